The first-order chi connectivity index (χ1) is 15.1. The average Bonchev–Trinajstić information content (AvgIpc) is 2.83. The quantitative estimate of drug-likeness (QED) is 0.426. The van der Waals surface area contributed by atoms with Crippen LogP contribution >= 0.6 is 0 Å². The second-order valence-electron chi connectivity index (χ2n) is 7.45. The number of hydrogen-bond donors (Lipinski definition) is 0. The van der Waals surface area contributed by atoms with E-state index in [9.17, 15) is 10.1 Å². The van der Waals surface area contributed by atoms with Crippen LogP contribution in [0, 0.1) is 10.1 Å². The third-order valence-electron chi connectivity index (χ3n) is 5.46. The number of likely N-dealkylation sites (N-methyl/N-ethyl adjacent to an activating group) is 1. The van der Waals surface area contributed by atoms with Crippen molar-refractivity contribution < 1.29 is 4.92 Å². The summed E-state index contributed by atoms with van der Waals surface area (Å²) in [5.74, 6) is 1.64. The second kappa shape index (κ2) is 9.38. The summed E-state index contributed by atoms with van der Waals surface area (Å²) in [5, 5.41) is 12.0. The van der Waals surface area contributed by atoms with E-state index in [1.807, 2.05) is 53.2 Å². The smallest absolute Gasteiger partial charge is 0.353 e. The van der Waals surface area contributed by atoms with Crippen LogP contribution in [0.4, 0.5) is 23.1 Å². The highest BCUT2D eigenvalue weighted by Gasteiger charge is 2.30. The number of nitro groups is 1. The average molecular weight is 419 g/mol. The summed E-state index contributed by atoms with van der Waals surface area (Å²) in [7, 11) is 1.83. The molecule has 0 spiro atoms. The maximum atomic E-state index is 12.0. The summed E-state index contributed by atoms with van der Waals surface area (Å²) < 4.78 is 0. The van der Waals surface area contributed by atoms with E-state index in [-0.39, 0.29) is 10.6 Å². The molecule has 0 unspecified atom stereocenters. The highest BCUT2D eigenvalue weighted by atomic mass is 16.6. The van der Waals surface area contributed by atoms with Gasteiger partial charge in [0.15, 0.2) is 0 Å². The van der Waals surface area contributed by atoms with E-state index in [1.54, 1.807) is 6.20 Å². The first-order valence-corrected chi connectivity index (χ1v) is 10.3. The molecule has 1 aromatic carbocycles. The van der Waals surface area contributed by atoms with Crippen LogP contribution in [-0.4, -0.2) is 59.6 Å². The Labute approximate surface area is 181 Å². The number of rotatable bonds is 7. The van der Waals surface area contributed by atoms with Gasteiger partial charge in [0.1, 0.15) is 12.1 Å². The molecule has 0 bridgehead atoms. The number of piperazine rings is 1. The lowest BCUT2D eigenvalue weighted by Gasteiger charge is -2.35. The zero-order valence-corrected chi connectivity index (χ0v) is 17.5. The molecule has 4 rings (SSSR count). The summed E-state index contributed by atoms with van der Waals surface area (Å²) >= 11 is 0. The summed E-state index contributed by atoms with van der Waals surface area (Å²) in [6.45, 7) is 3.31. The number of pyridine rings is 1. The van der Waals surface area contributed by atoms with Crippen molar-refractivity contribution in [1.29, 1.82) is 0 Å². The fourth-order valence-electron chi connectivity index (χ4n) is 3.77. The third kappa shape index (κ3) is 4.71. The number of hydrogen-bond acceptors (Lipinski definition) is 8. The highest BCUT2D eigenvalue weighted by Crippen LogP contribution is 2.34. The fourth-order valence-corrected chi connectivity index (χ4v) is 3.77. The number of nitrogens with zero attached hydrogens (tertiary/aromatic N) is 7. The molecule has 0 saturated carbocycles. The minimum Gasteiger partial charge on any atom is -0.353 e. The molecule has 9 nitrogen and oxygen atoms in total. The van der Waals surface area contributed by atoms with E-state index in [4.69, 9.17) is 0 Å². The molecule has 1 aliphatic heterocycles. The molecule has 0 radical (unpaired) electrons. The molecule has 2 aromatic heterocycles. The Balaban J connectivity index is 1.50. The van der Waals surface area contributed by atoms with Crippen LogP contribution < -0.4 is 14.7 Å². The molecule has 3 aromatic rings. The van der Waals surface area contributed by atoms with E-state index >= 15 is 0 Å². The van der Waals surface area contributed by atoms with Gasteiger partial charge in [-0.3, -0.25) is 10.1 Å². The summed E-state index contributed by atoms with van der Waals surface area (Å²) in [5.41, 5.74) is 1.14. The van der Waals surface area contributed by atoms with Crippen LogP contribution in [0.1, 0.15) is 5.56 Å². The molecule has 0 N–H and O–H groups in total. The zero-order chi connectivity index (χ0) is 21.6. The lowest BCUT2D eigenvalue weighted by Crippen LogP contribution is -2.47. The van der Waals surface area contributed by atoms with E-state index in [0.717, 1.165) is 25.3 Å². The van der Waals surface area contributed by atoms with Crippen molar-refractivity contribution in [3.8, 4) is 0 Å². The fraction of sp³-hybridized carbons (Fsp3) is 0.318. The van der Waals surface area contributed by atoms with Gasteiger partial charge in [-0.15, -0.1) is 0 Å². The van der Waals surface area contributed by atoms with E-state index < -0.39 is 0 Å². The predicted octanol–water partition coefficient (Wildman–Crippen LogP) is 2.79. The Morgan fingerprint density at radius 1 is 0.968 bits per heavy atom. The van der Waals surface area contributed by atoms with Crippen molar-refractivity contribution in [3.05, 3.63) is 76.7 Å². The summed E-state index contributed by atoms with van der Waals surface area (Å²) in [6, 6.07) is 15.9. The van der Waals surface area contributed by atoms with Crippen LogP contribution in [0.5, 0.6) is 0 Å². The largest absolute Gasteiger partial charge is 0.353 e. The third-order valence-corrected chi connectivity index (χ3v) is 5.46. The molecule has 1 saturated heterocycles. The molecule has 9 heteroatoms. The predicted molar refractivity (Wildman–Crippen MR) is 121 cm³/mol. The SMILES string of the molecule is CN(CCc1ccccc1)c1ncnc(N2CCN(c3ccccn3)CC2)c1[N+](=O)[O-]. The van der Waals surface area contributed by atoms with Crippen LogP contribution in [0.15, 0.2) is 61.1 Å². The molecule has 160 valence electrons. The Morgan fingerprint density at radius 3 is 2.35 bits per heavy atom. The maximum Gasteiger partial charge on any atom is 0.353 e. The van der Waals surface area contributed by atoms with Gasteiger partial charge in [0.2, 0.25) is 11.6 Å². The van der Waals surface area contributed by atoms with Crippen molar-refractivity contribution in [3.63, 3.8) is 0 Å². The molecular formula is C22H25N7O2. The van der Waals surface area contributed by atoms with Crippen molar-refractivity contribution in [2.45, 2.75) is 6.42 Å². The standard InChI is InChI=1S/C22H25N7O2/c1-26(12-10-18-7-3-2-4-8-18)21-20(29(30)31)22(25-17-24-21)28-15-13-27(14-16-28)19-9-5-6-11-23-19/h2-9,11,17H,10,12-16H2,1H3. The van der Waals surface area contributed by atoms with Crippen LogP contribution in [0.25, 0.3) is 0 Å². The monoisotopic (exact) mass is 419 g/mol. The molecular weight excluding hydrogens is 394 g/mol. The van der Waals surface area contributed by atoms with Crippen molar-refractivity contribution in [2.24, 2.45) is 0 Å². The number of benzene rings is 1. The molecule has 3 heterocycles. The molecule has 0 atom stereocenters. The van der Waals surface area contributed by atoms with Gasteiger partial charge in [0.25, 0.3) is 0 Å². The number of aromatic nitrogens is 3. The topological polar surface area (TPSA) is 91.5 Å². The van der Waals surface area contributed by atoms with E-state index in [2.05, 4.69) is 32.0 Å². The van der Waals surface area contributed by atoms with E-state index in [0.29, 0.717) is 31.3 Å². The summed E-state index contributed by atoms with van der Waals surface area (Å²) in [4.78, 5) is 30.6. The van der Waals surface area contributed by atoms with E-state index in [1.165, 1.54) is 11.9 Å². The second-order valence-corrected chi connectivity index (χ2v) is 7.45. The Hall–Kier alpha value is -3.75. The van der Waals surface area contributed by atoms with Gasteiger partial charge < -0.3 is 14.7 Å². The minimum atomic E-state index is -0.366. The molecule has 1 aliphatic rings. The van der Waals surface area contributed by atoms with Gasteiger partial charge in [0.05, 0.1) is 4.92 Å². The minimum absolute atomic E-state index is 0.0376. The first kappa shape index (κ1) is 20.5. The van der Waals surface area contributed by atoms with Gasteiger partial charge in [0, 0.05) is 46.0 Å². The summed E-state index contributed by atoms with van der Waals surface area (Å²) in [6.07, 6.45) is 3.97. The lowest BCUT2D eigenvalue weighted by molar-refractivity contribution is -0.383. The Morgan fingerprint density at radius 2 is 1.68 bits per heavy atom. The van der Waals surface area contributed by atoms with Crippen molar-refractivity contribution in [1.82, 2.24) is 15.0 Å². The van der Waals surface area contributed by atoms with Crippen molar-refractivity contribution >= 4 is 23.1 Å². The Kier molecular flexibility index (Phi) is 6.21. The van der Waals surface area contributed by atoms with Gasteiger partial charge in [-0.2, -0.15) is 0 Å². The maximum absolute atomic E-state index is 12.0. The molecule has 31 heavy (non-hydrogen) atoms. The number of anilines is 3. The van der Waals surface area contributed by atoms with Gasteiger partial charge >= 0.3 is 5.69 Å². The van der Waals surface area contributed by atoms with Crippen LogP contribution in [0.2, 0.25) is 0 Å². The Bertz CT molecular complexity index is 1010. The van der Waals surface area contributed by atoms with Crippen molar-refractivity contribution in [2.75, 3.05) is 54.5 Å². The highest BCUT2D eigenvalue weighted by molar-refractivity contribution is 5.71. The van der Waals surface area contributed by atoms with Gasteiger partial charge in [-0.25, -0.2) is 15.0 Å². The van der Waals surface area contributed by atoms with Gasteiger partial charge in [-0.1, -0.05) is 36.4 Å². The van der Waals surface area contributed by atoms with Crippen LogP contribution in [0.3, 0.4) is 0 Å². The molecule has 1 fully saturated rings. The molecule has 0 aliphatic carbocycles. The normalized spacial score (nSPS) is 13.8. The molecule has 0 amide bonds. The van der Waals surface area contributed by atoms with Crippen LogP contribution in [-0.2, 0) is 6.42 Å². The zero-order valence-electron chi connectivity index (χ0n) is 17.5. The van der Waals surface area contributed by atoms with Gasteiger partial charge in [-0.05, 0) is 24.1 Å². The first-order valence-electron chi connectivity index (χ1n) is 10.3. The lowest BCUT2D eigenvalue weighted by atomic mass is 10.1.